The molecule has 0 aliphatic heterocycles. The number of nitrogens with zero attached hydrogens (tertiary/aromatic N) is 1. The molecule has 5 heteroatoms. The van der Waals surface area contributed by atoms with Gasteiger partial charge in [-0.25, -0.2) is 0 Å². The van der Waals surface area contributed by atoms with E-state index in [9.17, 15) is 18.0 Å². The number of hydrogen-bond donors (Lipinski definition) is 0. The largest absolute Gasteiger partial charge is 0.416 e. The molecule has 1 saturated carbocycles. The van der Waals surface area contributed by atoms with Crippen LogP contribution in [0.15, 0.2) is 24.3 Å². The molecule has 0 radical (unpaired) electrons. The summed E-state index contributed by atoms with van der Waals surface area (Å²) in [5.41, 5.74) is -0.534. The third-order valence-electron chi connectivity index (χ3n) is 3.20. The smallest absolute Gasteiger partial charge is 0.327 e. The van der Waals surface area contributed by atoms with Crippen LogP contribution in [0.1, 0.15) is 28.8 Å². The number of carbonyl (C=O) groups is 1. The van der Waals surface area contributed by atoms with E-state index in [4.69, 9.17) is 6.42 Å². The topological polar surface area (TPSA) is 20.3 Å². The molecule has 0 bridgehead atoms. The zero-order valence-electron chi connectivity index (χ0n) is 10.8. The summed E-state index contributed by atoms with van der Waals surface area (Å²) in [6, 6.07) is 4.22. The summed E-state index contributed by atoms with van der Waals surface area (Å²) >= 11 is 0. The average molecular weight is 281 g/mol. The fraction of sp³-hybridized carbons (Fsp3) is 0.400. The number of terminal acetylenes is 1. The van der Waals surface area contributed by atoms with Crippen molar-refractivity contribution in [3.05, 3.63) is 35.4 Å². The molecule has 0 spiro atoms. The Balaban J connectivity index is 2.12. The highest BCUT2D eigenvalue weighted by molar-refractivity contribution is 5.94. The van der Waals surface area contributed by atoms with E-state index >= 15 is 0 Å². The Morgan fingerprint density at radius 3 is 2.35 bits per heavy atom. The quantitative estimate of drug-likeness (QED) is 0.776. The van der Waals surface area contributed by atoms with E-state index in [0.717, 1.165) is 25.0 Å². The first-order valence-electron chi connectivity index (χ1n) is 6.32. The van der Waals surface area contributed by atoms with E-state index in [1.54, 1.807) is 0 Å². The van der Waals surface area contributed by atoms with Gasteiger partial charge in [0, 0.05) is 12.1 Å². The lowest BCUT2D eigenvalue weighted by atomic mass is 10.1. The van der Waals surface area contributed by atoms with Crippen LogP contribution in [0, 0.1) is 18.3 Å². The summed E-state index contributed by atoms with van der Waals surface area (Å²) in [6.07, 6.45) is 2.98. The van der Waals surface area contributed by atoms with Crippen LogP contribution in [0.2, 0.25) is 0 Å². The third-order valence-corrected chi connectivity index (χ3v) is 3.20. The molecule has 0 aromatic heterocycles. The van der Waals surface area contributed by atoms with Crippen molar-refractivity contribution in [2.75, 3.05) is 13.1 Å². The Labute approximate surface area is 115 Å². The Hall–Kier alpha value is -1.96. The van der Waals surface area contributed by atoms with E-state index in [1.165, 1.54) is 17.0 Å². The van der Waals surface area contributed by atoms with Crippen LogP contribution < -0.4 is 0 Å². The van der Waals surface area contributed by atoms with Gasteiger partial charge >= 0.3 is 6.18 Å². The minimum absolute atomic E-state index is 0.177. The van der Waals surface area contributed by atoms with Crippen LogP contribution in [0.25, 0.3) is 0 Å². The van der Waals surface area contributed by atoms with Crippen LogP contribution in [0.4, 0.5) is 13.2 Å². The van der Waals surface area contributed by atoms with Crippen LogP contribution in [0.5, 0.6) is 0 Å². The molecule has 1 fully saturated rings. The molecule has 1 aliphatic rings. The van der Waals surface area contributed by atoms with Crippen LogP contribution in [-0.2, 0) is 6.18 Å². The molecule has 0 unspecified atom stereocenters. The lowest BCUT2D eigenvalue weighted by Gasteiger charge is -2.20. The van der Waals surface area contributed by atoms with E-state index in [-0.39, 0.29) is 18.0 Å². The van der Waals surface area contributed by atoms with Crippen molar-refractivity contribution in [2.24, 2.45) is 5.92 Å². The predicted molar refractivity (Wildman–Crippen MR) is 68.9 cm³/mol. The van der Waals surface area contributed by atoms with Gasteiger partial charge in [0.25, 0.3) is 5.91 Å². The van der Waals surface area contributed by atoms with Crippen LogP contribution in [-0.4, -0.2) is 23.9 Å². The highest BCUT2D eigenvalue weighted by atomic mass is 19.4. The van der Waals surface area contributed by atoms with Gasteiger partial charge in [-0.3, -0.25) is 4.79 Å². The van der Waals surface area contributed by atoms with Gasteiger partial charge in [0.2, 0.25) is 0 Å². The minimum Gasteiger partial charge on any atom is -0.327 e. The summed E-state index contributed by atoms with van der Waals surface area (Å²) in [4.78, 5) is 13.7. The first-order valence-corrected chi connectivity index (χ1v) is 6.32. The number of carbonyl (C=O) groups excluding carboxylic acids is 1. The van der Waals surface area contributed by atoms with Gasteiger partial charge in [-0.15, -0.1) is 6.42 Å². The van der Waals surface area contributed by atoms with Crippen molar-refractivity contribution in [1.82, 2.24) is 4.90 Å². The van der Waals surface area contributed by atoms with Gasteiger partial charge in [-0.1, -0.05) is 5.92 Å². The molecule has 0 saturated heterocycles. The Morgan fingerprint density at radius 2 is 1.90 bits per heavy atom. The predicted octanol–water partition coefficient (Wildman–Crippen LogP) is 3.19. The number of alkyl halides is 3. The molecule has 0 atom stereocenters. The van der Waals surface area contributed by atoms with Crippen LogP contribution >= 0.6 is 0 Å². The zero-order valence-corrected chi connectivity index (χ0v) is 10.8. The molecule has 2 rings (SSSR count). The van der Waals surface area contributed by atoms with Crippen molar-refractivity contribution in [1.29, 1.82) is 0 Å². The second-order valence-corrected chi connectivity index (χ2v) is 4.91. The molecule has 0 N–H and O–H groups in total. The van der Waals surface area contributed by atoms with Gasteiger partial charge in [-0.2, -0.15) is 13.2 Å². The van der Waals surface area contributed by atoms with Gasteiger partial charge < -0.3 is 4.90 Å². The molecule has 1 aliphatic carbocycles. The number of amides is 1. The second kappa shape index (κ2) is 5.58. The zero-order chi connectivity index (χ0) is 14.8. The lowest BCUT2D eigenvalue weighted by molar-refractivity contribution is -0.137. The van der Waals surface area contributed by atoms with Crippen molar-refractivity contribution < 1.29 is 18.0 Å². The summed E-state index contributed by atoms with van der Waals surface area (Å²) in [5, 5.41) is 0. The van der Waals surface area contributed by atoms with E-state index < -0.39 is 11.7 Å². The standard InChI is InChI=1S/C15H14F3NO/c1-2-9-19(10-11-3-4-11)14(20)12-5-7-13(8-6-12)15(16,17)18/h1,5-8,11H,3-4,9-10H2. The minimum atomic E-state index is -4.39. The SMILES string of the molecule is C#CCN(CC1CC1)C(=O)c1ccc(C(F)(F)F)cc1. The molecular weight excluding hydrogens is 267 g/mol. The van der Waals surface area contributed by atoms with E-state index in [2.05, 4.69) is 5.92 Å². The fourth-order valence-electron chi connectivity index (χ4n) is 1.93. The van der Waals surface area contributed by atoms with Crippen molar-refractivity contribution in [2.45, 2.75) is 19.0 Å². The average Bonchev–Trinajstić information content (AvgIpc) is 3.20. The first kappa shape index (κ1) is 14.4. The normalized spacial score (nSPS) is 14.7. The number of halogens is 3. The number of rotatable bonds is 4. The fourth-order valence-corrected chi connectivity index (χ4v) is 1.93. The lowest BCUT2D eigenvalue weighted by Crippen LogP contribution is -2.33. The third kappa shape index (κ3) is 3.53. The van der Waals surface area contributed by atoms with Gasteiger partial charge in [0.1, 0.15) is 0 Å². The highest BCUT2D eigenvalue weighted by Gasteiger charge is 2.31. The highest BCUT2D eigenvalue weighted by Crippen LogP contribution is 2.31. The van der Waals surface area contributed by atoms with Crippen molar-refractivity contribution in [3.63, 3.8) is 0 Å². The molecule has 20 heavy (non-hydrogen) atoms. The van der Waals surface area contributed by atoms with Crippen molar-refractivity contribution in [3.8, 4) is 12.3 Å². The Bertz CT molecular complexity index is 524. The van der Waals surface area contributed by atoms with Gasteiger partial charge in [0.15, 0.2) is 0 Å². The van der Waals surface area contributed by atoms with E-state index in [1.807, 2.05) is 0 Å². The molecule has 1 aromatic carbocycles. The first-order chi connectivity index (χ1) is 9.41. The maximum Gasteiger partial charge on any atom is 0.416 e. The molecular formula is C15H14F3NO. The maximum atomic E-state index is 12.5. The van der Waals surface area contributed by atoms with Crippen molar-refractivity contribution >= 4 is 5.91 Å². The molecule has 1 amide bonds. The molecule has 1 aromatic rings. The van der Waals surface area contributed by atoms with Gasteiger partial charge in [0.05, 0.1) is 12.1 Å². The number of hydrogen-bond acceptors (Lipinski definition) is 1. The second-order valence-electron chi connectivity index (χ2n) is 4.91. The Morgan fingerprint density at radius 1 is 1.30 bits per heavy atom. The van der Waals surface area contributed by atoms with E-state index in [0.29, 0.717) is 12.5 Å². The van der Waals surface area contributed by atoms with Gasteiger partial charge in [-0.05, 0) is 43.0 Å². The monoisotopic (exact) mass is 281 g/mol. The molecule has 2 nitrogen and oxygen atoms in total. The van der Waals surface area contributed by atoms with Crippen LogP contribution in [0.3, 0.4) is 0 Å². The molecule has 0 heterocycles. The summed E-state index contributed by atoms with van der Waals surface area (Å²) < 4.78 is 37.4. The summed E-state index contributed by atoms with van der Waals surface area (Å²) in [7, 11) is 0. The Kier molecular flexibility index (Phi) is 4.03. The number of benzene rings is 1. The summed E-state index contributed by atoms with van der Waals surface area (Å²) in [5.74, 6) is 2.57. The maximum absolute atomic E-state index is 12.5. The summed E-state index contributed by atoms with van der Waals surface area (Å²) in [6.45, 7) is 0.750. The molecule has 106 valence electrons.